The summed E-state index contributed by atoms with van der Waals surface area (Å²) in [6.07, 6.45) is 1.75. The Morgan fingerprint density at radius 1 is 1.11 bits per heavy atom. The lowest BCUT2D eigenvalue weighted by Crippen LogP contribution is -3.13. The molecule has 1 fully saturated rings. The maximum absolute atomic E-state index is 12.4. The van der Waals surface area contributed by atoms with Gasteiger partial charge in [0.1, 0.15) is 6.54 Å². The lowest BCUT2D eigenvalue weighted by atomic mass is 10.1. The number of piperazine rings is 1. The number of ether oxygens (including phenoxy) is 2. The molecule has 2 aliphatic heterocycles. The third-order valence-corrected chi connectivity index (χ3v) is 5.08. The van der Waals surface area contributed by atoms with E-state index < -0.39 is 0 Å². The van der Waals surface area contributed by atoms with Crippen LogP contribution in [0.15, 0.2) is 41.0 Å². The van der Waals surface area contributed by atoms with Crippen molar-refractivity contribution in [2.24, 2.45) is 0 Å². The molecule has 0 radical (unpaired) electrons. The smallest absolute Gasteiger partial charge is 0.286 e. The first-order valence-electron chi connectivity index (χ1n) is 9.50. The number of carbonyl (C=O) groups excluding carboxylic acids is 2. The molecule has 0 aliphatic carbocycles. The summed E-state index contributed by atoms with van der Waals surface area (Å²) in [4.78, 5) is 27.5. The van der Waals surface area contributed by atoms with Crippen molar-refractivity contribution in [2.75, 3.05) is 39.5 Å². The third-order valence-electron chi connectivity index (χ3n) is 5.08. The van der Waals surface area contributed by atoms with Crippen LogP contribution in [-0.2, 0) is 11.3 Å². The molecule has 2 amide bonds. The highest BCUT2D eigenvalue weighted by molar-refractivity contribution is 5.91. The number of benzene rings is 1. The van der Waals surface area contributed by atoms with Gasteiger partial charge in [0.15, 0.2) is 17.3 Å². The van der Waals surface area contributed by atoms with E-state index in [-0.39, 0.29) is 24.4 Å². The first kappa shape index (κ1) is 18.4. The van der Waals surface area contributed by atoms with Gasteiger partial charge in [-0.2, -0.15) is 0 Å². The Labute approximate surface area is 163 Å². The van der Waals surface area contributed by atoms with E-state index in [4.69, 9.17) is 13.9 Å². The van der Waals surface area contributed by atoms with E-state index in [0.717, 1.165) is 44.2 Å². The molecule has 1 aromatic heterocycles. The first-order chi connectivity index (χ1) is 13.7. The second-order valence-corrected chi connectivity index (χ2v) is 6.98. The van der Waals surface area contributed by atoms with Gasteiger partial charge in [0.25, 0.3) is 5.91 Å². The number of hydrogen-bond donors (Lipinski definition) is 2. The molecule has 1 aromatic carbocycles. The molecule has 0 saturated carbocycles. The molecule has 0 bridgehead atoms. The fourth-order valence-corrected chi connectivity index (χ4v) is 3.52. The van der Waals surface area contributed by atoms with E-state index in [9.17, 15) is 9.59 Å². The Morgan fingerprint density at radius 2 is 1.93 bits per heavy atom. The Kier molecular flexibility index (Phi) is 5.48. The van der Waals surface area contributed by atoms with Gasteiger partial charge in [-0.25, -0.2) is 0 Å². The van der Waals surface area contributed by atoms with Gasteiger partial charge in [0, 0.05) is 18.5 Å². The van der Waals surface area contributed by atoms with Crippen molar-refractivity contribution in [1.82, 2.24) is 10.2 Å². The van der Waals surface area contributed by atoms with Crippen LogP contribution in [0, 0.1) is 0 Å². The topological polar surface area (TPSA) is 85.5 Å². The van der Waals surface area contributed by atoms with E-state index in [1.54, 1.807) is 12.1 Å². The average molecular weight is 386 g/mol. The fraction of sp³-hybridized carbons (Fsp3) is 0.400. The van der Waals surface area contributed by atoms with Crippen LogP contribution < -0.4 is 19.7 Å². The standard InChI is InChI=1S/C20H23N3O5/c24-19(5-6-21-20(25)17-2-1-11-26-17)23-9-7-22(8-10-23)13-15-3-4-16-18(12-15)28-14-27-16/h1-4,11-12H,5-10,13-14H2,(H,21,25)/p+1. The van der Waals surface area contributed by atoms with Gasteiger partial charge in [0.05, 0.1) is 32.4 Å². The molecule has 3 heterocycles. The number of rotatable bonds is 6. The molecule has 0 spiro atoms. The summed E-state index contributed by atoms with van der Waals surface area (Å²) in [7, 11) is 0. The minimum absolute atomic E-state index is 0.0712. The van der Waals surface area contributed by atoms with Crippen LogP contribution in [0.4, 0.5) is 0 Å². The number of nitrogens with one attached hydrogen (secondary N) is 2. The highest BCUT2D eigenvalue weighted by atomic mass is 16.7. The molecule has 0 atom stereocenters. The van der Waals surface area contributed by atoms with Gasteiger partial charge >= 0.3 is 0 Å². The molecule has 2 aliphatic rings. The summed E-state index contributed by atoms with van der Waals surface area (Å²) in [5.74, 6) is 1.64. The third kappa shape index (κ3) is 4.28. The molecular formula is C20H24N3O5+. The van der Waals surface area contributed by atoms with Crippen molar-refractivity contribution >= 4 is 11.8 Å². The van der Waals surface area contributed by atoms with Crippen molar-refractivity contribution in [2.45, 2.75) is 13.0 Å². The van der Waals surface area contributed by atoms with Crippen molar-refractivity contribution in [3.63, 3.8) is 0 Å². The van der Waals surface area contributed by atoms with Crippen LogP contribution in [0.5, 0.6) is 11.5 Å². The molecule has 8 nitrogen and oxygen atoms in total. The molecule has 0 unspecified atom stereocenters. The van der Waals surface area contributed by atoms with E-state index in [1.807, 2.05) is 17.0 Å². The number of carbonyl (C=O) groups is 2. The van der Waals surface area contributed by atoms with Crippen LogP contribution in [0.2, 0.25) is 0 Å². The van der Waals surface area contributed by atoms with Gasteiger partial charge in [-0.05, 0) is 30.3 Å². The molecule has 1 saturated heterocycles. The lowest BCUT2D eigenvalue weighted by molar-refractivity contribution is -0.917. The quantitative estimate of drug-likeness (QED) is 0.733. The number of nitrogens with zero attached hydrogens (tertiary/aromatic N) is 1. The van der Waals surface area contributed by atoms with E-state index >= 15 is 0 Å². The Morgan fingerprint density at radius 3 is 2.71 bits per heavy atom. The number of amides is 2. The second kappa shape index (κ2) is 8.35. The minimum atomic E-state index is -0.296. The van der Waals surface area contributed by atoms with Gasteiger partial charge in [-0.1, -0.05) is 0 Å². The maximum Gasteiger partial charge on any atom is 0.286 e. The predicted molar refractivity (Wildman–Crippen MR) is 99.2 cm³/mol. The average Bonchev–Trinajstić information content (AvgIpc) is 3.40. The van der Waals surface area contributed by atoms with Crippen molar-refractivity contribution < 1.29 is 28.4 Å². The Hall–Kier alpha value is -3.00. The summed E-state index contributed by atoms with van der Waals surface area (Å²) in [5.41, 5.74) is 1.21. The highest BCUT2D eigenvalue weighted by Gasteiger charge is 2.24. The zero-order chi connectivity index (χ0) is 19.3. The number of fused-ring (bicyclic) bond motifs is 1. The van der Waals surface area contributed by atoms with Crippen molar-refractivity contribution in [3.8, 4) is 11.5 Å². The molecule has 28 heavy (non-hydrogen) atoms. The zero-order valence-electron chi connectivity index (χ0n) is 15.6. The highest BCUT2D eigenvalue weighted by Crippen LogP contribution is 2.32. The van der Waals surface area contributed by atoms with E-state index in [1.165, 1.54) is 16.7 Å². The number of furan rings is 1. The van der Waals surface area contributed by atoms with Gasteiger partial charge < -0.3 is 29.0 Å². The van der Waals surface area contributed by atoms with Crippen LogP contribution in [0.25, 0.3) is 0 Å². The van der Waals surface area contributed by atoms with Crippen LogP contribution in [0.1, 0.15) is 22.5 Å². The Bertz CT molecular complexity index is 828. The van der Waals surface area contributed by atoms with Crippen LogP contribution in [-0.4, -0.2) is 56.2 Å². The predicted octanol–water partition coefficient (Wildman–Crippen LogP) is 0.0555. The van der Waals surface area contributed by atoms with Crippen molar-refractivity contribution in [1.29, 1.82) is 0 Å². The minimum Gasteiger partial charge on any atom is -0.459 e. The largest absolute Gasteiger partial charge is 0.459 e. The zero-order valence-corrected chi connectivity index (χ0v) is 15.6. The summed E-state index contributed by atoms with van der Waals surface area (Å²) < 4.78 is 15.8. The normalized spacial score (nSPS) is 16.2. The summed E-state index contributed by atoms with van der Waals surface area (Å²) in [5, 5.41) is 2.71. The maximum atomic E-state index is 12.4. The van der Waals surface area contributed by atoms with Crippen molar-refractivity contribution in [3.05, 3.63) is 47.9 Å². The SMILES string of the molecule is O=C(NCCC(=O)N1CC[NH+](Cc2ccc3c(c2)OCO3)CC1)c1ccco1. The monoisotopic (exact) mass is 386 g/mol. The van der Waals surface area contributed by atoms with E-state index in [0.29, 0.717) is 13.0 Å². The van der Waals surface area contributed by atoms with Crippen LogP contribution in [0.3, 0.4) is 0 Å². The van der Waals surface area contributed by atoms with Gasteiger partial charge in [-0.3, -0.25) is 9.59 Å². The molecular weight excluding hydrogens is 362 g/mol. The first-order valence-corrected chi connectivity index (χ1v) is 9.50. The Balaban J connectivity index is 1.18. The van der Waals surface area contributed by atoms with Crippen LogP contribution >= 0.6 is 0 Å². The summed E-state index contributed by atoms with van der Waals surface area (Å²) in [6.45, 7) is 4.75. The molecule has 2 aromatic rings. The van der Waals surface area contributed by atoms with Gasteiger partial charge in [-0.15, -0.1) is 0 Å². The number of quaternary nitrogens is 1. The summed E-state index contributed by atoms with van der Waals surface area (Å²) in [6, 6.07) is 9.31. The second-order valence-electron chi connectivity index (χ2n) is 6.98. The molecule has 2 N–H and O–H groups in total. The molecule has 4 rings (SSSR count). The molecule has 148 valence electrons. The summed E-state index contributed by atoms with van der Waals surface area (Å²) >= 11 is 0. The lowest BCUT2D eigenvalue weighted by Gasteiger charge is -2.32. The fourth-order valence-electron chi connectivity index (χ4n) is 3.52. The van der Waals surface area contributed by atoms with E-state index in [2.05, 4.69) is 11.4 Å². The number of hydrogen-bond acceptors (Lipinski definition) is 5. The molecule has 8 heteroatoms. The van der Waals surface area contributed by atoms with Gasteiger partial charge in [0.2, 0.25) is 12.7 Å².